The van der Waals surface area contributed by atoms with Crippen LogP contribution in [0.3, 0.4) is 0 Å². The topological polar surface area (TPSA) is 98.1 Å². The van der Waals surface area contributed by atoms with Crippen LogP contribution in [-0.4, -0.2) is 40.8 Å². The lowest BCUT2D eigenvalue weighted by atomic mass is 10.2. The molecule has 0 spiro atoms. The number of H-pyrrole nitrogens is 1. The monoisotopic (exact) mass is 228 g/mol. The maximum atomic E-state index is 3.90. The minimum absolute atomic E-state index is 0.380. The molecule has 0 amide bonds. The summed E-state index contributed by atoms with van der Waals surface area (Å²) in [6.45, 7) is 0.567. The number of hydrogen-bond donors (Lipinski definition) is 1. The molecule has 0 aliphatic rings. The summed E-state index contributed by atoms with van der Waals surface area (Å²) in [4.78, 5) is 0. The maximum absolute atomic E-state index is 3.90. The Morgan fingerprint density at radius 3 is 2.76 bits per heavy atom. The van der Waals surface area contributed by atoms with Gasteiger partial charge in [-0.15, -0.1) is 15.3 Å². The second kappa shape index (κ2) is 4.08. The molecular formula is C9H8N8. The second-order valence-electron chi connectivity index (χ2n) is 3.38. The Bertz CT molecular complexity index is 585. The van der Waals surface area contributed by atoms with Gasteiger partial charge in [-0.2, -0.15) is 5.21 Å². The van der Waals surface area contributed by atoms with Gasteiger partial charge in [-0.3, -0.25) is 0 Å². The Kier molecular flexibility index (Phi) is 2.30. The zero-order valence-electron chi connectivity index (χ0n) is 8.72. The van der Waals surface area contributed by atoms with Crippen LogP contribution < -0.4 is 0 Å². The van der Waals surface area contributed by atoms with Gasteiger partial charge < -0.3 is 0 Å². The predicted octanol–water partition coefficient (Wildman–Crippen LogP) is -0.0985. The number of nitrogens with zero attached hydrogens (tertiary/aromatic N) is 7. The van der Waals surface area contributed by atoms with Crippen molar-refractivity contribution in [3.05, 3.63) is 35.9 Å². The van der Waals surface area contributed by atoms with Crippen LogP contribution in [-0.2, 0) is 6.54 Å². The van der Waals surface area contributed by atoms with Crippen molar-refractivity contribution in [2.75, 3.05) is 0 Å². The molecule has 8 nitrogen and oxygen atoms in total. The van der Waals surface area contributed by atoms with Crippen molar-refractivity contribution in [2.24, 2.45) is 0 Å². The normalized spacial score (nSPS) is 10.6. The summed E-state index contributed by atoms with van der Waals surface area (Å²) in [6.07, 6.45) is 0. The largest absolute Gasteiger partial charge is 0.243 e. The summed E-state index contributed by atoms with van der Waals surface area (Å²) in [6, 6.07) is 9.90. The molecule has 2 heterocycles. The van der Waals surface area contributed by atoms with Crippen molar-refractivity contribution in [2.45, 2.75) is 6.54 Å². The molecule has 2 aromatic heterocycles. The summed E-state index contributed by atoms with van der Waals surface area (Å²) < 4.78 is 1.63. The maximum Gasteiger partial charge on any atom is 0.243 e. The fourth-order valence-corrected chi connectivity index (χ4v) is 1.48. The van der Waals surface area contributed by atoms with Gasteiger partial charge in [0.25, 0.3) is 0 Å². The number of aromatic amines is 1. The van der Waals surface area contributed by atoms with E-state index in [-0.39, 0.29) is 0 Å². The van der Waals surface area contributed by atoms with Gasteiger partial charge in [0, 0.05) is 0 Å². The highest BCUT2D eigenvalue weighted by molar-refractivity contribution is 5.39. The number of tetrazole rings is 2. The van der Waals surface area contributed by atoms with Crippen molar-refractivity contribution >= 4 is 0 Å². The summed E-state index contributed by atoms with van der Waals surface area (Å²) >= 11 is 0. The highest BCUT2D eigenvalue weighted by atomic mass is 15.6. The zero-order valence-corrected chi connectivity index (χ0v) is 8.72. The van der Waals surface area contributed by atoms with Gasteiger partial charge in [0.05, 0.1) is 6.54 Å². The SMILES string of the molecule is c1ccc(Cn2nnnc2-c2nn[nH]n2)cc1. The predicted molar refractivity (Wildman–Crippen MR) is 56.5 cm³/mol. The van der Waals surface area contributed by atoms with E-state index in [9.17, 15) is 0 Å². The Morgan fingerprint density at radius 1 is 1.12 bits per heavy atom. The van der Waals surface area contributed by atoms with E-state index in [0.29, 0.717) is 18.2 Å². The van der Waals surface area contributed by atoms with Gasteiger partial charge in [-0.25, -0.2) is 4.68 Å². The van der Waals surface area contributed by atoms with Crippen LogP contribution in [0.2, 0.25) is 0 Å². The molecule has 0 bridgehead atoms. The molecule has 0 aliphatic heterocycles. The van der Waals surface area contributed by atoms with Crippen molar-refractivity contribution in [1.29, 1.82) is 0 Å². The second-order valence-corrected chi connectivity index (χ2v) is 3.38. The van der Waals surface area contributed by atoms with Crippen LogP contribution in [0.15, 0.2) is 30.3 Å². The average molecular weight is 228 g/mol. The molecule has 0 aliphatic carbocycles. The molecule has 1 aromatic carbocycles. The van der Waals surface area contributed by atoms with E-state index in [4.69, 9.17) is 0 Å². The molecule has 0 saturated heterocycles. The molecule has 0 saturated carbocycles. The number of hydrogen-bond acceptors (Lipinski definition) is 6. The first-order chi connectivity index (χ1) is 8.43. The van der Waals surface area contributed by atoms with Crippen molar-refractivity contribution in [1.82, 2.24) is 40.8 Å². The van der Waals surface area contributed by atoms with Crippen molar-refractivity contribution in [3.8, 4) is 11.6 Å². The summed E-state index contributed by atoms with van der Waals surface area (Å²) in [7, 11) is 0. The molecule has 1 N–H and O–H groups in total. The Labute approximate surface area is 95.7 Å². The van der Waals surface area contributed by atoms with E-state index in [2.05, 4.69) is 36.1 Å². The molecule has 0 atom stereocenters. The highest BCUT2D eigenvalue weighted by Crippen LogP contribution is 2.09. The minimum atomic E-state index is 0.380. The van der Waals surface area contributed by atoms with Gasteiger partial charge in [0.1, 0.15) is 0 Å². The van der Waals surface area contributed by atoms with Gasteiger partial charge in [-0.1, -0.05) is 30.3 Å². The Morgan fingerprint density at radius 2 is 2.00 bits per heavy atom. The summed E-state index contributed by atoms with van der Waals surface area (Å²) in [5, 5.41) is 24.9. The first kappa shape index (κ1) is 9.58. The Hall–Kier alpha value is -2.64. The van der Waals surface area contributed by atoms with Crippen LogP contribution in [0.25, 0.3) is 11.6 Å². The van der Waals surface area contributed by atoms with Gasteiger partial charge in [-0.05, 0) is 21.2 Å². The van der Waals surface area contributed by atoms with E-state index in [0.717, 1.165) is 5.56 Å². The molecule has 84 valence electrons. The minimum Gasteiger partial charge on any atom is -0.218 e. The Balaban J connectivity index is 1.92. The fourth-order valence-electron chi connectivity index (χ4n) is 1.48. The van der Waals surface area contributed by atoms with E-state index in [1.165, 1.54) is 0 Å². The van der Waals surface area contributed by atoms with Gasteiger partial charge >= 0.3 is 0 Å². The van der Waals surface area contributed by atoms with Gasteiger partial charge in [0.15, 0.2) is 0 Å². The van der Waals surface area contributed by atoms with Crippen LogP contribution in [0, 0.1) is 0 Å². The van der Waals surface area contributed by atoms with E-state index in [1.807, 2.05) is 30.3 Å². The lowest BCUT2D eigenvalue weighted by molar-refractivity contribution is 0.651. The number of nitrogens with one attached hydrogen (secondary N) is 1. The van der Waals surface area contributed by atoms with Crippen LogP contribution in [0.1, 0.15) is 5.56 Å². The highest BCUT2D eigenvalue weighted by Gasteiger charge is 2.12. The fraction of sp³-hybridized carbons (Fsp3) is 0.111. The molecule has 3 aromatic rings. The summed E-state index contributed by atoms with van der Waals surface area (Å²) in [5.41, 5.74) is 1.10. The summed E-state index contributed by atoms with van der Waals surface area (Å²) in [5.74, 6) is 0.869. The molecule has 0 unspecified atom stereocenters. The molecule has 0 radical (unpaired) electrons. The molecule has 3 rings (SSSR count). The van der Waals surface area contributed by atoms with E-state index >= 15 is 0 Å². The smallest absolute Gasteiger partial charge is 0.218 e. The zero-order chi connectivity index (χ0) is 11.5. The van der Waals surface area contributed by atoms with Crippen LogP contribution in [0.4, 0.5) is 0 Å². The number of rotatable bonds is 3. The lowest BCUT2D eigenvalue weighted by Gasteiger charge is -2.01. The molecule has 8 heteroatoms. The third-order valence-corrected chi connectivity index (χ3v) is 2.25. The van der Waals surface area contributed by atoms with Crippen molar-refractivity contribution in [3.63, 3.8) is 0 Å². The number of aromatic nitrogens is 8. The van der Waals surface area contributed by atoms with Crippen molar-refractivity contribution < 1.29 is 0 Å². The van der Waals surface area contributed by atoms with Gasteiger partial charge in [0.2, 0.25) is 11.6 Å². The molecule has 0 fully saturated rings. The first-order valence-corrected chi connectivity index (χ1v) is 4.97. The van der Waals surface area contributed by atoms with E-state index in [1.54, 1.807) is 4.68 Å². The number of benzene rings is 1. The quantitative estimate of drug-likeness (QED) is 0.672. The third kappa shape index (κ3) is 1.87. The molecular weight excluding hydrogens is 220 g/mol. The first-order valence-electron chi connectivity index (χ1n) is 4.97. The van der Waals surface area contributed by atoms with Crippen LogP contribution >= 0.6 is 0 Å². The van der Waals surface area contributed by atoms with E-state index < -0.39 is 0 Å². The lowest BCUT2D eigenvalue weighted by Crippen LogP contribution is -2.05. The average Bonchev–Trinajstić information content (AvgIpc) is 3.00. The van der Waals surface area contributed by atoms with Crippen LogP contribution in [0.5, 0.6) is 0 Å². The molecule has 17 heavy (non-hydrogen) atoms. The standard InChI is InChI=1S/C9H8N8/c1-2-4-7(5-3-1)6-17-9(12-15-16-17)8-10-13-14-11-8/h1-5H,6H2,(H,10,11,13,14). The third-order valence-electron chi connectivity index (χ3n) is 2.25.